The lowest BCUT2D eigenvalue weighted by molar-refractivity contribution is 0.432. The van der Waals surface area contributed by atoms with E-state index >= 15 is 0 Å². The van der Waals surface area contributed by atoms with E-state index in [1.54, 1.807) is 12.1 Å². The maximum Gasteiger partial charge on any atom is 0.166 e. The molecule has 4 heteroatoms. The summed E-state index contributed by atoms with van der Waals surface area (Å²) in [7, 11) is 0. The summed E-state index contributed by atoms with van der Waals surface area (Å²) in [6.45, 7) is 1.98. The quantitative estimate of drug-likeness (QED) is 0.895. The Balaban J connectivity index is 2.27. The molecule has 2 aromatic rings. The topological polar surface area (TPSA) is 35.2 Å². The fraction of sp³-hybridized carbons (Fsp3) is 0.250. The van der Waals surface area contributed by atoms with Crippen LogP contribution < -0.4 is 10.5 Å². The van der Waals surface area contributed by atoms with Crippen molar-refractivity contribution in [2.24, 2.45) is 5.73 Å². The molecule has 0 aliphatic heterocycles. The second-order valence-electron chi connectivity index (χ2n) is 4.66. The van der Waals surface area contributed by atoms with E-state index in [-0.39, 0.29) is 17.6 Å². The Morgan fingerprint density at radius 3 is 2.45 bits per heavy atom. The van der Waals surface area contributed by atoms with Crippen molar-refractivity contribution in [3.8, 4) is 11.5 Å². The van der Waals surface area contributed by atoms with Gasteiger partial charge in [-0.2, -0.15) is 0 Å². The van der Waals surface area contributed by atoms with Crippen LogP contribution in [0, 0.1) is 11.6 Å². The third kappa shape index (κ3) is 3.54. The molecule has 2 N–H and O–H groups in total. The molecule has 2 rings (SSSR count). The first-order valence-electron chi connectivity index (χ1n) is 6.56. The van der Waals surface area contributed by atoms with Crippen LogP contribution in [-0.2, 0) is 6.42 Å². The van der Waals surface area contributed by atoms with Gasteiger partial charge in [0.25, 0.3) is 0 Å². The maximum absolute atomic E-state index is 13.9. The summed E-state index contributed by atoms with van der Waals surface area (Å²) in [5.41, 5.74) is 6.62. The van der Waals surface area contributed by atoms with Crippen LogP contribution in [0.2, 0.25) is 0 Å². The smallest absolute Gasteiger partial charge is 0.166 e. The third-order valence-corrected chi connectivity index (χ3v) is 3.09. The van der Waals surface area contributed by atoms with Crippen LogP contribution in [0.15, 0.2) is 42.5 Å². The zero-order valence-corrected chi connectivity index (χ0v) is 11.3. The minimum absolute atomic E-state index is 0.0487. The molecule has 0 aliphatic carbocycles. The summed E-state index contributed by atoms with van der Waals surface area (Å²) in [5.74, 6) is -0.264. The molecule has 0 saturated heterocycles. The lowest BCUT2D eigenvalue weighted by Gasteiger charge is -2.14. The third-order valence-electron chi connectivity index (χ3n) is 3.09. The molecule has 2 aromatic carbocycles. The Hall–Kier alpha value is -1.94. The molecule has 0 heterocycles. The first kappa shape index (κ1) is 14.5. The summed E-state index contributed by atoms with van der Waals surface area (Å²) in [5, 5.41) is 0. The van der Waals surface area contributed by atoms with Gasteiger partial charge in [0.05, 0.1) is 0 Å². The standard InChI is InChI=1S/C16H17F2NO/c1-2-13(19)10-11-4-3-5-15(18)16(11)20-14-8-6-12(17)7-9-14/h3-9,13H,2,10,19H2,1H3. The van der Waals surface area contributed by atoms with Gasteiger partial charge >= 0.3 is 0 Å². The molecule has 0 spiro atoms. The molecule has 1 unspecified atom stereocenters. The van der Waals surface area contributed by atoms with E-state index in [9.17, 15) is 8.78 Å². The van der Waals surface area contributed by atoms with Crippen molar-refractivity contribution in [1.82, 2.24) is 0 Å². The average Bonchev–Trinajstić information content (AvgIpc) is 2.44. The molecule has 106 valence electrons. The van der Waals surface area contributed by atoms with Gasteiger partial charge in [0, 0.05) is 6.04 Å². The van der Waals surface area contributed by atoms with Gasteiger partial charge in [-0.15, -0.1) is 0 Å². The highest BCUT2D eigenvalue weighted by Gasteiger charge is 2.13. The highest BCUT2D eigenvalue weighted by atomic mass is 19.1. The van der Waals surface area contributed by atoms with Crippen LogP contribution in [0.25, 0.3) is 0 Å². The van der Waals surface area contributed by atoms with Crippen LogP contribution in [-0.4, -0.2) is 6.04 Å². The van der Waals surface area contributed by atoms with Gasteiger partial charge in [-0.3, -0.25) is 0 Å². The molecule has 0 saturated carbocycles. The zero-order chi connectivity index (χ0) is 14.5. The Kier molecular flexibility index (Phi) is 4.69. The lowest BCUT2D eigenvalue weighted by atomic mass is 10.0. The van der Waals surface area contributed by atoms with Crippen LogP contribution >= 0.6 is 0 Å². The average molecular weight is 277 g/mol. The predicted octanol–water partition coefficient (Wildman–Crippen LogP) is 4.04. The van der Waals surface area contributed by atoms with E-state index in [4.69, 9.17) is 10.5 Å². The second kappa shape index (κ2) is 6.48. The SMILES string of the molecule is CCC(N)Cc1cccc(F)c1Oc1ccc(F)cc1. The monoisotopic (exact) mass is 277 g/mol. The fourth-order valence-corrected chi connectivity index (χ4v) is 1.88. The minimum atomic E-state index is -0.449. The number of para-hydroxylation sites is 1. The molecule has 0 aliphatic rings. The number of hydrogen-bond acceptors (Lipinski definition) is 2. The van der Waals surface area contributed by atoms with Gasteiger partial charge in [-0.1, -0.05) is 19.1 Å². The molecule has 0 aromatic heterocycles. The van der Waals surface area contributed by atoms with Crippen molar-refractivity contribution < 1.29 is 13.5 Å². The fourth-order valence-electron chi connectivity index (χ4n) is 1.88. The second-order valence-corrected chi connectivity index (χ2v) is 4.66. The van der Waals surface area contributed by atoms with Crippen molar-refractivity contribution in [3.05, 3.63) is 59.7 Å². The minimum Gasteiger partial charge on any atom is -0.454 e. The molecule has 2 nitrogen and oxygen atoms in total. The van der Waals surface area contributed by atoms with E-state index < -0.39 is 5.82 Å². The summed E-state index contributed by atoms with van der Waals surface area (Å²) < 4.78 is 32.3. The Bertz CT molecular complexity index is 569. The normalized spacial score (nSPS) is 12.2. The summed E-state index contributed by atoms with van der Waals surface area (Å²) in [6, 6.07) is 10.2. The molecule has 20 heavy (non-hydrogen) atoms. The summed E-state index contributed by atoms with van der Waals surface area (Å²) in [4.78, 5) is 0. The van der Waals surface area contributed by atoms with Crippen LogP contribution in [0.1, 0.15) is 18.9 Å². The van der Waals surface area contributed by atoms with Crippen molar-refractivity contribution in [2.45, 2.75) is 25.8 Å². The first-order valence-corrected chi connectivity index (χ1v) is 6.56. The van der Waals surface area contributed by atoms with Crippen molar-refractivity contribution >= 4 is 0 Å². The number of benzene rings is 2. The number of halogens is 2. The maximum atomic E-state index is 13.9. The van der Waals surface area contributed by atoms with E-state index in [0.29, 0.717) is 17.7 Å². The van der Waals surface area contributed by atoms with Gasteiger partial charge in [0.15, 0.2) is 11.6 Å². The van der Waals surface area contributed by atoms with E-state index in [0.717, 1.165) is 6.42 Å². The molecule has 1 atom stereocenters. The molecule has 0 amide bonds. The van der Waals surface area contributed by atoms with Crippen molar-refractivity contribution in [1.29, 1.82) is 0 Å². The molecule has 0 fully saturated rings. The zero-order valence-electron chi connectivity index (χ0n) is 11.3. The highest BCUT2D eigenvalue weighted by Crippen LogP contribution is 2.29. The molecular formula is C16H17F2NO. The Morgan fingerprint density at radius 1 is 1.10 bits per heavy atom. The number of rotatable bonds is 5. The van der Waals surface area contributed by atoms with Gasteiger partial charge in [0.1, 0.15) is 11.6 Å². The van der Waals surface area contributed by atoms with Gasteiger partial charge in [-0.05, 0) is 48.7 Å². The van der Waals surface area contributed by atoms with E-state index in [1.165, 1.54) is 30.3 Å². The van der Waals surface area contributed by atoms with Crippen LogP contribution in [0.3, 0.4) is 0 Å². The molecular weight excluding hydrogens is 260 g/mol. The van der Waals surface area contributed by atoms with E-state index in [1.807, 2.05) is 6.92 Å². The first-order chi connectivity index (χ1) is 9.60. The number of nitrogens with two attached hydrogens (primary N) is 1. The Labute approximate surface area is 117 Å². The van der Waals surface area contributed by atoms with E-state index in [2.05, 4.69) is 0 Å². The summed E-state index contributed by atoms with van der Waals surface area (Å²) in [6.07, 6.45) is 1.33. The summed E-state index contributed by atoms with van der Waals surface area (Å²) >= 11 is 0. The lowest BCUT2D eigenvalue weighted by Crippen LogP contribution is -2.21. The van der Waals surface area contributed by atoms with Crippen molar-refractivity contribution in [3.63, 3.8) is 0 Å². The largest absolute Gasteiger partial charge is 0.454 e. The van der Waals surface area contributed by atoms with Gasteiger partial charge in [0.2, 0.25) is 0 Å². The van der Waals surface area contributed by atoms with Crippen LogP contribution in [0.5, 0.6) is 11.5 Å². The molecule has 0 radical (unpaired) electrons. The molecule has 0 bridgehead atoms. The van der Waals surface area contributed by atoms with Crippen LogP contribution in [0.4, 0.5) is 8.78 Å². The van der Waals surface area contributed by atoms with Gasteiger partial charge in [-0.25, -0.2) is 8.78 Å². The predicted molar refractivity (Wildman–Crippen MR) is 74.8 cm³/mol. The Morgan fingerprint density at radius 2 is 1.80 bits per heavy atom. The number of ether oxygens (including phenoxy) is 1. The number of hydrogen-bond donors (Lipinski definition) is 1. The highest BCUT2D eigenvalue weighted by molar-refractivity contribution is 5.39. The van der Waals surface area contributed by atoms with Gasteiger partial charge < -0.3 is 10.5 Å². The van der Waals surface area contributed by atoms with Crippen molar-refractivity contribution in [2.75, 3.05) is 0 Å².